The molecule has 0 N–H and O–H groups in total. The Bertz CT molecular complexity index is 4170. The Labute approximate surface area is 411 Å². The fourth-order valence-corrected chi connectivity index (χ4v) is 9.96. The number of pyridine rings is 4. The van der Waals surface area contributed by atoms with E-state index in [0.29, 0.717) is 34.9 Å². The average Bonchev–Trinajstić information content (AvgIpc) is 3.46. The number of fused-ring (bicyclic) bond motifs is 2. The highest BCUT2D eigenvalue weighted by Gasteiger charge is 2.22. The van der Waals surface area contributed by atoms with Crippen LogP contribution in [0.4, 0.5) is 0 Å². The van der Waals surface area contributed by atoms with Crippen LogP contribution in [0.2, 0.25) is 0 Å². The molecule has 0 amide bonds. The second-order valence-electron chi connectivity index (χ2n) is 17.6. The van der Waals surface area contributed by atoms with Crippen molar-refractivity contribution >= 4 is 54.1 Å². The lowest BCUT2D eigenvalue weighted by atomic mass is 9.89. The quantitative estimate of drug-likeness (QED) is 0.136. The lowest BCUT2D eigenvalue weighted by Gasteiger charge is -2.17. The van der Waals surface area contributed by atoms with Gasteiger partial charge in [0.05, 0.1) is 11.0 Å². The highest BCUT2D eigenvalue weighted by molar-refractivity contribution is 6.27. The van der Waals surface area contributed by atoms with Gasteiger partial charge in [-0.3, -0.25) is 19.9 Å². The van der Waals surface area contributed by atoms with Crippen LogP contribution in [0.15, 0.2) is 219 Å². The maximum atomic E-state index is 5.28. The van der Waals surface area contributed by atoms with E-state index in [2.05, 4.69) is 131 Å². The molecule has 8 aromatic carbocycles. The summed E-state index contributed by atoms with van der Waals surface area (Å²) in [5.41, 5.74) is 11.1. The number of benzene rings is 8. The van der Waals surface area contributed by atoms with Crippen LogP contribution in [0.3, 0.4) is 0 Å². The number of aromatic nitrogens is 10. The fourth-order valence-electron chi connectivity index (χ4n) is 9.96. The third-order valence-electron chi connectivity index (χ3n) is 13.5. The molecule has 0 aliphatic heterocycles. The van der Waals surface area contributed by atoms with Gasteiger partial charge in [-0.15, -0.1) is 0 Å². The minimum atomic E-state index is 0.528. The molecule has 0 spiro atoms. The van der Waals surface area contributed by atoms with Crippen molar-refractivity contribution < 1.29 is 0 Å². The molecule has 334 valence electrons. The molecule has 0 unspecified atom stereocenters. The molecule has 0 saturated carbocycles. The molecule has 0 radical (unpaired) electrons. The van der Waals surface area contributed by atoms with Gasteiger partial charge in [0.25, 0.3) is 0 Å². The van der Waals surface area contributed by atoms with E-state index >= 15 is 0 Å². The van der Waals surface area contributed by atoms with Crippen LogP contribution in [-0.2, 0) is 0 Å². The summed E-state index contributed by atoms with van der Waals surface area (Å²) in [4.78, 5) is 49.4. The van der Waals surface area contributed by atoms with E-state index in [4.69, 9.17) is 39.9 Å². The van der Waals surface area contributed by atoms with E-state index in [9.17, 15) is 0 Å². The van der Waals surface area contributed by atoms with Crippen molar-refractivity contribution in [3.63, 3.8) is 0 Å². The molecule has 0 fully saturated rings. The lowest BCUT2D eigenvalue weighted by molar-refractivity contribution is 1.08. The van der Waals surface area contributed by atoms with Crippen molar-refractivity contribution in [2.24, 2.45) is 0 Å². The van der Waals surface area contributed by atoms with E-state index in [1.54, 1.807) is 37.2 Å². The Morgan fingerprint density at radius 3 is 1.01 bits per heavy atom. The summed E-state index contributed by atoms with van der Waals surface area (Å²) < 4.78 is 0. The zero-order valence-corrected chi connectivity index (χ0v) is 38.3. The number of nitrogens with zero attached hydrogens (tertiary/aromatic N) is 10. The van der Waals surface area contributed by atoms with E-state index in [0.717, 1.165) is 110 Å². The van der Waals surface area contributed by atoms with Gasteiger partial charge in [-0.05, 0) is 115 Å². The molecule has 0 saturated heterocycles. The SMILES string of the molecule is c1cnc2c(-c3nc(-c4ccc5ccc6c(-c7nc(-c8ccc(-c9ccncc9)cc8)nc(-c8ccc(-c9ccncc9)cc8)n7)ccc7ccc4c5c76)nc(-c4cccc5cccnc45)n3)cccc2c1. The summed E-state index contributed by atoms with van der Waals surface area (Å²) in [6.45, 7) is 0. The Kier molecular flexibility index (Phi) is 9.59. The number of hydrogen-bond acceptors (Lipinski definition) is 10. The Balaban J connectivity index is 0.953. The Morgan fingerprint density at radius 2 is 0.569 bits per heavy atom. The topological polar surface area (TPSA) is 129 Å². The summed E-state index contributed by atoms with van der Waals surface area (Å²) in [6.07, 6.45) is 10.8. The predicted molar refractivity (Wildman–Crippen MR) is 287 cm³/mol. The van der Waals surface area contributed by atoms with Crippen LogP contribution in [-0.4, -0.2) is 49.8 Å². The van der Waals surface area contributed by atoms with Crippen LogP contribution in [0, 0.1) is 0 Å². The summed E-state index contributed by atoms with van der Waals surface area (Å²) >= 11 is 0. The number of para-hydroxylation sites is 2. The molecule has 14 aromatic rings. The first-order valence-corrected chi connectivity index (χ1v) is 23.6. The highest BCUT2D eigenvalue weighted by atomic mass is 15.0. The third kappa shape index (κ3) is 7.04. The second kappa shape index (κ2) is 16.9. The Morgan fingerprint density at radius 1 is 0.222 bits per heavy atom. The van der Waals surface area contributed by atoms with Gasteiger partial charge in [0, 0.05) is 81.3 Å². The molecule has 0 aliphatic carbocycles. The molecule has 0 atom stereocenters. The molecule has 6 heterocycles. The standard InChI is InChI=1S/C62H36N10/c1-5-43-7-3-31-65-55(43)51(9-1)61-70-60(71-62(72-61)52-10-2-6-44-8-4-32-66-56(44)52)50-26-22-42-19-23-47-49(25-21-41-20-24-48(50)54(42)53(41)47)59-68-57(45-15-11-37(12-16-45)39-27-33-63-34-28-39)67-58(69-59)46-17-13-38(14-18-46)40-29-35-64-36-30-40/h1-36H. The molecule has 10 heteroatoms. The van der Waals surface area contributed by atoms with Crippen LogP contribution in [0.25, 0.3) is 145 Å². The summed E-state index contributed by atoms with van der Waals surface area (Å²) in [6, 6.07) is 62.2. The van der Waals surface area contributed by atoms with Crippen molar-refractivity contribution in [2.45, 2.75) is 0 Å². The van der Waals surface area contributed by atoms with Crippen LogP contribution in [0.5, 0.6) is 0 Å². The molecule has 0 aliphatic rings. The number of rotatable bonds is 8. The van der Waals surface area contributed by atoms with Crippen molar-refractivity contribution in [2.75, 3.05) is 0 Å². The maximum absolute atomic E-state index is 5.28. The third-order valence-corrected chi connectivity index (χ3v) is 13.5. The summed E-state index contributed by atoms with van der Waals surface area (Å²) in [7, 11) is 0. The van der Waals surface area contributed by atoms with Crippen molar-refractivity contribution in [3.8, 4) is 90.6 Å². The monoisotopic (exact) mass is 920 g/mol. The second-order valence-corrected chi connectivity index (χ2v) is 17.6. The van der Waals surface area contributed by atoms with Gasteiger partial charge < -0.3 is 0 Å². The molecular formula is C62H36N10. The van der Waals surface area contributed by atoms with Crippen LogP contribution < -0.4 is 0 Å². The minimum Gasteiger partial charge on any atom is -0.265 e. The van der Waals surface area contributed by atoms with Gasteiger partial charge in [0.15, 0.2) is 34.9 Å². The summed E-state index contributed by atoms with van der Waals surface area (Å²) in [5.74, 6) is 3.33. The molecular weight excluding hydrogens is 885 g/mol. The molecule has 0 bridgehead atoms. The smallest absolute Gasteiger partial charge is 0.166 e. The average molecular weight is 921 g/mol. The zero-order chi connectivity index (χ0) is 47.5. The van der Waals surface area contributed by atoms with Gasteiger partial charge in [-0.25, -0.2) is 29.9 Å². The zero-order valence-electron chi connectivity index (χ0n) is 38.3. The van der Waals surface area contributed by atoms with Gasteiger partial charge in [-0.2, -0.15) is 0 Å². The first kappa shape index (κ1) is 41.0. The minimum absolute atomic E-state index is 0.528. The van der Waals surface area contributed by atoms with Gasteiger partial charge in [0.2, 0.25) is 0 Å². The van der Waals surface area contributed by atoms with E-state index in [1.807, 2.05) is 60.7 Å². The van der Waals surface area contributed by atoms with Gasteiger partial charge >= 0.3 is 0 Å². The maximum Gasteiger partial charge on any atom is 0.166 e. The summed E-state index contributed by atoms with van der Waals surface area (Å²) in [5, 5.41) is 8.42. The Hall–Kier alpha value is -10.1. The molecule has 6 aromatic heterocycles. The van der Waals surface area contributed by atoms with Crippen molar-refractivity contribution in [3.05, 3.63) is 219 Å². The van der Waals surface area contributed by atoms with E-state index in [1.165, 1.54) is 0 Å². The largest absolute Gasteiger partial charge is 0.265 e. The molecule has 72 heavy (non-hydrogen) atoms. The van der Waals surface area contributed by atoms with Crippen LogP contribution in [0.1, 0.15) is 0 Å². The highest BCUT2D eigenvalue weighted by Crippen LogP contribution is 2.43. The molecule has 10 nitrogen and oxygen atoms in total. The first-order valence-electron chi connectivity index (χ1n) is 23.6. The van der Waals surface area contributed by atoms with E-state index < -0.39 is 0 Å². The van der Waals surface area contributed by atoms with Crippen molar-refractivity contribution in [1.29, 1.82) is 0 Å². The fraction of sp³-hybridized carbons (Fsp3) is 0. The van der Waals surface area contributed by atoms with Crippen LogP contribution >= 0.6 is 0 Å². The normalized spacial score (nSPS) is 11.6. The van der Waals surface area contributed by atoms with E-state index in [-0.39, 0.29) is 0 Å². The van der Waals surface area contributed by atoms with Gasteiger partial charge in [0.1, 0.15) is 0 Å². The first-order chi connectivity index (χ1) is 35.7. The lowest BCUT2D eigenvalue weighted by Crippen LogP contribution is -2.02. The van der Waals surface area contributed by atoms with Gasteiger partial charge in [-0.1, -0.05) is 121 Å². The van der Waals surface area contributed by atoms with Crippen molar-refractivity contribution in [1.82, 2.24) is 49.8 Å². The number of hydrogen-bond donors (Lipinski definition) is 0. The molecule has 14 rings (SSSR count). The predicted octanol–water partition coefficient (Wildman–Crippen LogP) is 14.2.